The maximum atomic E-state index is 13.6. The molecule has 242 valence electrons. The summed E-state index contributed by atoms with van der Waals surface area (Å²) < 4.78 is 12.4. The highest BCUT2D eigenvalue weighted by atomic mass is 32.2. The molecule has 1 fully saturated rings. The van der Waals surface area contributed by atoms with Crippen molar-refractivity contribution in [2.24, 2.45) is 11.3 Å². The minimum absolute atomic E-state index is 0.0338. The van der Waals surface area contributed by atoms with Crippen LogP contribution in [0.25, 0.3) is 0 Å². The van der Waals surface area contributed by atoms with Crippen molar-refractivity contribution < 1.29 is 33.6 Å². The number of nitrogens with one attached hydrogen (secondary N) is 1. The smallest absolute Gasteiger partial charge is 0.407 e. The third-order valence-corrected chi connectivity index (χ3v) is 11.8. The van der Waals surface area contributed by atoms with Crippen LogP contribution in [0.5, 0.6) is 0 Å². The number of nitro benzene ring substituents is 1. The molecule has 0 bridgehead atoms. The highest BCUT2D eigenvalue weighted by Crippen LogP contribution is 2.59. The number of thioether (sulfide) groups is 2. The third kappa shape index (κ3) is 7.73. The second-order valence-corrected chi connectivity index (χ2v) is 17.2. The standard InChI is InChI=1S/C31H39N3O8S2Si/c1-30(2,3)31(4,42-45(5)6)23-25(35)33-24(27(36)37)28(44-26(23)33)43-18-21(16-19-10-8-7-9-11-19)32-29(38)41-17-20-12-14-22(15-13-20)34(39)40/h7-15,21,23,26,45H,16-18H2,1-6H3,(H,32,38)(H,36,37)/t21-,23+,26+,31-/m0/s1. The Morgan fingerprint density at radius 2 is 1.76 bits per heavy atom. The van der Waals surface area contributed by atoms with Gasteiger partial charge in [0.2, 0.25) is 5.91 Å². The molecule has 2 N–H and O–H groups in total. The van der Waals surface area contributed by atoms with Crippen LogP contribution in [0.4, 0.5) is 10.5 Å². The Bertz CT molecular complexity index is 1470. The van der Waals surface area contributed by atoms with Crippen LogP contribution in [0.1, 0.15) is 38.8 Å². The van der Waals surface area contributed by atoms with Gasteiger partial charge in [-0.05, 0) is 55.1 Å². The molecule has 4 rings (SSSR count). The number of benzene rings is 2. The van der Waals surface area contributed by atoms with Gasteiger partial charge >= 0.3 is 12.1 Å². The number of carbonyl (C=O) groups is 3. The van der Waals surface area contributed by atoms with Gasteiger partial charge in [-0.3, -0.25) is 19.8 Å². The molecule has 2 aromatic carbocycles. The molecule has 2 aliphatic heterocycles. The number of rotatable bonds is 13. The lowest BCUT2D eigenvalue weighted by Crippen LogP contribution is -2.69. The summed E-state index contributed by atoms with van der Waals surface area (Å²) in [6.45, 7) is 12.1. The predicted molar refractivity (Wildman–Crippen MR) is 177 cm³/mol. The summed E-state index contributed by atoms with van der Waals surface area (Å²) in [6, 6.07) is 14.9. The second-order valence-electron chi connectivity index (χ2n) is 12.5. The zero-order valence-corrected chi connectivity index (χ0v) is 28.9. The van der Waals surface area contributed by atoms with E-state index in [1.165, 1.54) is 52.7 Å². The maximum Gasteiger partial charge on any atom is 0.407 e. The number of nitrogens with zero attached hydrogens (tertiary/aromatic N) is 2. The van der Waals surface area contributed by atoms with Crippen LogP contribution in [0, 0.1) is 21.4 Å². The Labute approximate surface area is 273 Å². The molecule has 2 aliphatic rings. The quantitative estimate of drug-likeness (QED) is 0.116. The molecule has 0 spiro atoms. The Kier molecular flexibility index (Phi) is 10.7. The van der Waals surface area contributed by atoms with Gasteiger partial charge in [-0.25, -0.2) is 9.59 Å². The Morgan fingerprint density at radius 3 is 2.31 bits per heavy atom. The number of amides is 2. The van der Waals surface area contributed by atoms with Crippen molar-refractivity contribution >= 4 is 56.2 Å². The average molecular weight is 674 g/mol. The molecule has 11 nitrogen and oxygen atoms in total. The monoisotopic (exact) mass is 673 g/mol. The van der Waals surface area contributed by atoms with Crippen LogP contribution in [-0.2, 0) is 31.8 Å². The predicted octanol–water partition coefficient (Wildman–Crippen LogP) is 5.76. The first-order valence-electron chi connectivity index (χ1n) is 14.6. The lowest BCUT2D eigenvalue weighted by atomic mass is 9.66. The van der Waals surface area contributed by atoms with Crippen LogP contribution in [0.15, 0.2) is 64.5 Å². The van der Waals surface area contributed by atoms with Gasteiger partial charge < -0.3 is 19.6 Å². The van der Waals surface area contributed by atoms with Crippen molar-refractivity contribution in [3.63, 3.8) is 0 Å². The van der Waals surface area contributed by atoms with E-state index in [4.69, 9.17) is 9.16 Å². The summed E-state index contributed by atoms with van der Waals surface area (Å²) in [7, 11) is -1.55. The van der Waals surface area contributed by atoms with Crippen LogP contribution in [-0.4, -0.2) is 64.7 Å². The van der Waals surface area contributed by atoms with Crippen molar-refractivity contribution in [1.29, 1.82) is 0 Å². The van der Waals surface area contributed by atoms with Gasteiger partial charge in [-0.2, -0.15) is 0 Å². The fourth-order valence-electron chi connectivity index (χ4n) is 5.39. The van der Waals surface area contributed by atoms with Gasteiger partial charge in [0.25, 0.3) is 5.69 Å². The summed E-state index contributed by atoms with van der Waals surface area (Å²) >= 11 is 2.66. The zero-order valence-electron chi connectivity index (χ0n) is 26.1. The fraction of sp³-hybridized carbons (Fsp3) is 0.452. The van der Waals surface area contributed by atoms with Crippen LogP contribution in [0.3, 0.4) is 0 Å². The van der Waals surface area contributed by atoms with Gasteiger partial charge in [0, 0.05) is 23.9 Å². The number of carboxylic acid groups (broad SMARTS) is 1. The van der Waals surface area contributed by atoms with Crippen LogP contribution >= 0.6 is 23.5 Å². The SMILES string of the molecule is C[SiH](C)O[C@@](C)([C@@H]1C(=O)N2C(C(=O)O)=C(SC[C@H](Cc3ccccc3)NC(=O)OCc3ccc([N+](=O)[O-])cc3)S[C@H]12)C(C)(C)C. The number of fused-ring (bicyclic) bond motifs is 1. The molecular formula is C31H39N3O8S2Si. The van der Waals surface area contributed by atoms with E-state index in [1.54, 1.807) is 0 Å². The Hall–Kier alpha value is -3.33. The van der Waals surface area contributed by atoms with Crippen molar-refractivity contribution in [1.82, 2.24) is 10.2 Å². The number of nitro groups is 1. The normalized spacial score (nSPS) is 19.9. The van der Waals surface area contributed by atoms with E-state index >= 15 is 0 Å². The molecule has 2 heterocycles. The van der Waals surface area contributed by atoms with E-state index in [9.17, 15) is 29.6 Å². The van der Waals surface area contributed by atoms with Crippen molar-refractivity contribution in [3.05, 3.63) is 85.8 Å². The van der Waals surface area contributed by atoms with Gasteiger partial charge in [0.15, 0.2) is 14.7 Å². The minimum atomic E-state index is -1.55. The number of alkyl carbamates (subject to hydrolysis) is 1. The van der Waals surface area contributed by atoms with Crippen molar-refractivity contribution in [2.75, 3.05) is 5.75 Å². The number of non-ortho nitro benzene ring substituents is 1. The number of hydrogen-bond donors (Lipinski definition) is 2. The first kappa shape index (κ1) is 34.5. The molecule has 0 aromatic heterocycles. The lowest BCUT2D eigenvalue weighted by molar-refractivity contribution is -0.384. The molecule has 0 radical (unpaired) electrons. The topological polar surface area (TPSA) is 148 Å². The van der Waals surface area contributed by atoms with E-state index in [2.05, 4.69) is 18.4 Å². The summed E-state index contributed by atoms with van der Waals surface area (Å²) in [5.74, 6) is -1.60. The summed E-state index contributed by atoms with van der Waals surface area (Å²) in [5.41, 5.74) is 0.342. The highest BCUT2D eigenvalue weighted by Gasteiger charge is 2.65. The largest absolute Gasteiger partial charge is 0.477 e. The van der Waals surface area contributed by atoms with Gasteiger partial charge in [0.1, 0.15) is 12.0 Å². The molecule has 0 unspecified atom stereocenters. The maximum absolute atomic E-state index is 13.6. The number of hydrogen-bond acceptors (Lipinski definition) is 9. The average Bonchev–Trinajstić information content (AvgIpc) is 3.29. The zero-order chi connectivity index (χ0) is 33.1. The number of carbonyl (C=O) groups excluding carboxylic acids is 2. The molecule has 1 saturated heterocycles. The first-order valence-corrected chi connectivity index (χ1v) is 19.3. The Balaban J connectivity index is 1.48. The van der Waals surface area contributed by atoms with Crippen molar-refractivity contribution in [3.8, 4) is 0 Å². The molecule has 0 saturated carbocycles. The number of carboxylic acids is 1. The number of aliphatic carboxylic acids is 1. The van der Waals surface area contributed by atoms with E-state index in [0.29, 0.717) is 22.0 Å². The first-order chi connectivity index (χ1) is 21.1. The third-order valence-electron chi connectivity index (χ3n) is 8.05. The summed E-state index contributed by atoms with van der Waals surface area (Å²) in [4.78, 5) is 50.6. The van der Waals surface area contributed by atoms with E-state index in [0.717, 1.165) is 5.56 Å². The van der Waals surface area contributed by atoms with Crippen LogP contribution < -0.4 is 5.32 Å². The lowest BCUT2D eigenvalue weighted by Gasteiger charge is -2.56. The minimum Gasteiger partial charge on any atom is -0.477 e. The summed E-state index contributed by atoms with van der Waals surface area (Å²) in [6.07, 6.45) is -0.207. The summed E-state index contributed by atoms with van der Waals surface area (Å²) in [5, 5.41) is 23.6. The molecule has 45 heavy (non-hydrogen) atoms. The Morgan fingerprint density at radius 1 is 1.11 bits per heavy atom. The van der Waals surface area contributed by atoms with E-state index in [1.807, 2.05) is 58.0 Å². The van der Waals surface area contributed by atoms with Crippen molar-refractivity contribution in [2.45, 2.75) is 70.8 Å². The number of β-lactam (4-membered cyclic amide) rings is 1. The van der Waals surface area contributed by atoms with Gasteiger partial charge in [0.05, 0.1) is 20.7 Å². The molecule has 14 heteroatoms. The molecule has 0 aliphatic carbocycles. The van der Waals surface area contributed by atoms with Gasteiger partial charge in [-0.15, -0.1) is 11.8 Å². The van der Waals surface area contributed by atoms with Gasteiger partial charge in [-0.1, -0.05) is 62.9 Å². The molecule has 2 aromatic rings. The molecular weight excluding hydrogens is 635 g/mol. The molecule has 4 atom stereocenters. The van der Waals surface area contributed by atoms with E-state index in [-0.39, 0.29) is 29.3 Å². The second kappa shape index (κ2) is 14.0. The molecule has 2 amide bonds. The highest BCUT2D eigenvalue weighted by molar-refractivity contribution is 8.22. The van der Waals surface area contributed by atoms with Crippen LogP contribution in [0.2, 0.25) is 13.1 Å². The number of ether oxygens (including phenoxy) is 1. The fourth-order valence-corrected chi connectivity index (χ4v) is 9.86. The van der Waals surface area contributed by atoms with E-state index < -0.39 is 49.0 Å².